The number of ether oxygens (including phenoxy) is 4. The number of unbranched alkanes of at least 4 members (excludes halogenated alkanes) is 32. The second-order valence-corrected chi connectivity index (χ2v) is 21.3. The van der Waals surface area contributed by atoms with Gasteiger partial charge in [-0.15, -0.1) is 0 Å². The van der Waals surface area contributed by atoms with Gasteiger partial charge in [0, 0.05) is 12.8 Å². The molecule has 0 aliphatic rings. The van der Waals surface area contributed by atoms with Gasteiger partial charge in [-0.2, -0.15) is 0 Å². The minimum absolute atomic E-state index is 0.178. The number of allylic oxidation sites excluding steroid dienone is 8. The topological polar surface area (TPSA) is 108 Å². The Balaban J connectivity index is 4.19. The molecule has 414 valence electrons. The summed E-state index contributed by atoms with van der Waals surface area (Å²) in [5, 5.41) is 9.71. The van der Waals surface area contributed by atoms with Gasteiger partial charge in [0.25, 0.3) is 6.29 Å². The van der Waals surface area contributed by atoms with E-state index in [1.807, 2.05) is 21.1 Å². The van der Waals surface area contributed by atoms with Crippen molar-refractivity contribution in [1.82, 2.24) is 0 Å². The van der Waals surface area contributed by atoms with Crippen LogP contribution in [-0.2, 0) is 33.3 Å². The summed E-state index contributed by atoms with van der Waals surface area (Å²) >= 11 is 0. The number of nitrogens with zero attached hydrogens (tertiary/aromatic N) is 1. The molecule has 2 unspecified atom stereocenters. The molecule has 0 saturated carbocycles. The Morgan fingerprint density at radius 2 is 0.803 bits per heavy atom. The van der Waals surface area contributed by atoms with Crippen molar-refractivity contribution in [3.05, 3.63) is 48.6 Å². The van der Waals surface area contributed by atoms with Crippen molar-refractivity contribution in [2.75, 3.05) is 47.5 Å². The van der Waals surface area contributed by atoms with E-state index in [1.54, 1.807) is 0 Å². The molecule has 1 N–H and O–H groups in total. The molecule has 0 aromatic rings. The van der Waals surface area contributed by atoms with Crippen molar-refractivity contribution >= 4 is 17.9 Å². The molecular formula is C62H114NO8+. The Bertz CT molecular complexity index is 1300. The molecule has 0 aromatic heterocycles. The largest absolute Gasteiger partial charge is 0.477 e. The van der Waals surface area contributed by atoms with Crippen LogP contribution in [0.3, 0.4) is 0 Å². The Kier molecular flexibility index (Phi) is 51.5. The average molecular weight is 1000 g/mol. The molecule has 0 radical (unpaired) electrons. The van der Waals surface area contributed by atoms with Gasteiger partial charge >= 0.3 is 17.9 Å². The molecule has 0 aliphatic heterocycles. The van der Waals surface area contributed by atoms with Crippen LogP contribution in [0.5, 0.6) is 0 Å². The number of quaternary nitrogens is 1. The summed E-state index contributed by atoms with van der Waals surface area (Å²) in [6.45, 7) is 4.81. The third kappa shape index (κ3) is 54.9. The van der Waals surface area contributed by atoms with Crippen LogP contribution < -0.4 is 0 Å². The van der Waals surface area contributed by atoms with Crippen molar-refractivity contribution in [2.24, 2.45) is 0 Å². The molecule has 9 nitrogen and oxygen atoms in total. The second-order valence-electron chi connectivity index (χ2n) is 21.3. The molecule has 0 saturated heterocycles. The van der Waals surface area contributed by atoms with E-state index in [1.165, 1.54) is 180 Å². The van der Waals surface area contributed by atoms with E-state index in [0.29, 0.717) is 17.4 Å². The molecule has 0 amide bonds. The van der Waals surface area contributed by atoms with Gasteiger partial charge < -0.3 is 28.5 Å². The van der Waals surface area contributed by atoms with Crippen molar-refractivity contribution in [3.8, 4) is 0 Å². The third-order valence-corrected chi connectivity index (χ3v) is 13.1. The normalized spacial score (nSPS) is 13.1. The summed E-state index contributed by atoms with van der Waals surface area (Å²) in [4.78, 5) is 37.4. The molecule has 71 heavy (non-hydrogen) atoms. The number of carbonyl (C=O) groups excluding carboxylic acids is 2. The zero-order chi connectivity index (χ0) is 52.0. The number of likely N-dealkylation sites (N-methyl/N-ethyl adjacent to an activating group) is 1. The van der Waals surface area contributed by atoms with Crippen LogP contribution in [0.2, 0.25) is 0 Å². The number of esters is 2. The number of carbonyl (C=O) groups is 3. The van der Waals surface area contributed by atoms with E-state index in [4.69, 9.17) is 18.9 Å². The first-order chi connectivity index (χ1) is 34.6. The molecule has 0 fully saturated rings. The van der Waals surface area contributed by atoms with Gasteiger partial charge in [-0.1, -0.05) is 255 Å². The molecule has 9 heteroatoms. The molecule has 0 bridgehead atoms. The fourth-order valence-electron chi connectivity index (χ4n) is 8.54. The minimum atomic E-state index is -1.51. The smallest absolute Gasteiger partial charge is 0.361 e. The van der Waals surface area contributed by atoms with Crippen molar-refractivity contribution in [3.63, 3.8) is 0 Å². The summed E-state index contributed by atoms with van der Waals surface area (Å²) < 4.78 is 22.9. The van der Waals surface area contributed by atoms with Crippen LogP contribution in [0.25, 0.3) is 0 Å². The SMILES string of the molecule is CC/C=C\C/C=C\C/C=C\C/C=C\CCCCCCCCCCCCCCCCC(=O)OC(COC(=O)CCCCCCCCCCCCCCCCCCCCC)COC(OCC[N+](C)(C)C)C(=O)O. The molecule has 0 spiro atoms. The van der Waals surface area contributed by atoms with Gasteiger partial charge in [-0.3, -0.25) is 9.59 Å². The van der Waals surface area contributed by atoms with Gasteiger partial charge in [0.15, 0.2) is 6.10 Å². The first kappa shape index (κ1) is 68.2. The number of aliphatic carboxylic acids is 1. The predicted molar refractivity (Wildman–Crippen MR) is 300 cm³/mol. The minimum Gasteiger partial charge on any atom is -0.477 e. The summed E-state index contributed by atoms with van der Waals surface area (Å²) in [5.41, 5.74) is 0. The van der Waals surface area contributed by atoms with Crippen LogP contribution >= 0.6 is 0 Å². The average Bonchev–Trinajstić information content (AvgIpc) is 3.34. The summed E-state index contributed by atoms with van der Waals surface area (Å²) in [6, 6.07) is 0. The number of carboxylic acid groups (broad SMARTS) is 1. The number of rotatable bonds is 55. The summed E-state index contributed by atoms with van der Waals surface area (Å²) in [7, 11) is 5.98. The van der Waals surface area contributed by atoms with Gasteiger partial charge in [-0.05, 0) is 51.4 Å². The number of hydrogen-bond donors (Lipinski definition) is 1. The Labute approximate surface area is 438 Å². The first-order valence-electron chi connectivity index (χ1n) is 29.8. The van der Waals surface area contributed by atoms with Crippen molar-refractivity contribution < 1.29 is 42.9 Å². The maximum Gasteiger partial charge on any atom is 0.361 e. The Morgan fingerprint density at radius 1 is 0.437 bits per heavy atom. The summed E-state index contributed by atoms with van der Waals surface area (Å²) in [5.74, 6) is -1.99. The van der Waals surface area contributed by atoms with Crippen LogP contribution in [0.1, 0.15) is 271 Å². The molecule has 2 atom stereocenters. The van der Waals surface area contributed by atoms with Crippen molar-refractivity contribution in [2.45, 2.75) is 283 Å². The lowest BCUT2D eigenvalue weighted by molar-refractivity contribution is -0.870. The summed E-state index contributed by atoms with van der Waals surface area (Å²) in [6.07, 6.45) is 63.3. The molecule has 0 rings (SSSR count). The van der Waals surface area contributed by atoms with Crippen LogP contribution in [-0.4, -0.2) is 87.4 Å². The van der Waals surface area contributed by atoms with Crippen LogP contribution in [0, 0.1) is 0 Å². The van der Waals surface area contributed by atoms with Crippen LogP contribution in [0.15, 0.2) is 48.6 Å². The van der Waals surface area contributed by atoms with Crippen LogP contribution in [0.4, 0.5) is 0 Å². The number of carboxylic acids is 1. The van der Waals surface area contributed by atoms with E-state index in [-0.39, 0.29) is 32.2 Å². The highest BCUT2D eigenvalue weighted by Crippen LogP contribution is 2.17. The quantitative estimate of drug-likeness (QED) is 0.0211. The fraction of sp³-hybridized carbons (Fsp3) is 0.823. The van der Waals surface area contributed by atoms with E-state index in [0.717, 1.165) is 64.2 Å². The highest BCUT2D eigenvalue weighted by Gasteiger charge is 2.25. The molecule has 0 aromatic carbocycles. The third-order valence-electron chi connectivity index (χ3n) is 13.1. The van der Waals surface area contributed by atoms with E-state index < -0.39 is 24.3 Å². The van der Waals surface area contributed by atoms with Gasteiger partial charge in [-0.25, -0.2) is 4.79 Å². The van der Waals surface area contributed by atoms with Gasteiger partial charge in [0.1, 0.15) is 13.2 Å². The maximum absolute atomic E-state index is 12.9. The lowest BCUT2D eigenvalue weighted by atomic mass is 10.0. The first-order valence-corrected chi connectivity index (χ1v) is 29.8. The standard InChI is InChI=1S/C62H113NO8/c1-6-8-10-12-14-16-18-20-22-24-26-27-28-29-30-31-32-33-35-37-39-41-43-45-47-49-51-53-60(65)71-58(57-70-62(61(66)67)68-55-54-63(3,4)5)56-69-59(64)52-50-48-46-44-42-40-38-36-34-25-23-21-19-17-15-13-11-9-7-2/h8,10,14,16,20,22,26-27,58,62H,6-7,9,11-13,15,17-19,21,23-25,28-57H2,1-5H3/p+1/b10-8-,16-14-,22-20-,27-26-. The zero-order valence-electron chi connectivity index (χ0n) is 47.1. The molecular weight excluding hydrogens is 887 g/mol. The predicted octanol–water partition coefficient (Wildman–Crippen LogP) is 17.5. The molecule has 0 heterocycles. The number of hydrogen-bond acceptors (Lipinski definition) is 7. The van der Waals surface area contributed by atoms with E-state index in [9.17, 15) is 19.5 Å². The van der Waals surface area contributed by atoms with Crippen molar-refractivity contribution in [1.29, 1.82) is 0 Å². The highest BCUT2D eigenvalue weighted by atomic mass is 16.7. The van der Waals surface area contributed by atoms with E-state index in [2.05, 4.69) is 62.5 Å². The Hall–Kier alpha value is -2.75. The Morgan fingerprint density at radius 3 is 1.20 bits per heavy atom. The fourth-order valence-corrected chi connectivity index (χ4v) is 8.54. The second kappa shape index (κ2) is 53.5. The lowest BCUT2D eigenvalue weighted by Crippen LogP contribution is -2.40. The van der Waals surface area contributed by atoms with Gasteiger partial charge in [0.05, 0.1) is 34.4 Å². The highest BCUT2D eigenvalue weighted by molar-refractivity contribution is 5.71. The molecule has 0 aliphatic carbocycles. The maximum atomic E-state index is 12.9. The zero-order valence-corrected chi connectivity index (χ0v) is 47.1. The lowest BCUT2D eigenvalue weighted by Gasteiger charge is -2.25. The monoisotopic (exact) mass is 1000 g/mol. The van der Waals surface area contributed by atoms with E-state index >= 15 is 0 Å². The van der Waals surface area contributed by atoms with Gasteiger partial charge in [0.2, 0.25) is 0 Å².